The standard InChI is InChI=1S/C17H34O2/c1-2-3-4-5-6-7-8-9-10-11-14-18-16-17-13-12-15-19-17/h17H,2-16H2,1H3. The van der Waals surface area contributed by atoms with Crippen molar-refractivity contribution >= 4 is 0 Å². The van der Waals surface area contributed by atoms with E-state index in [9.17, 15) is 0 Å². The zero-order valence-corrected chi connectivity index (χ0v) is 13.0. The summed E-state index contributed by atoms with van der Waals surface area (Å²) in [6.07, 6.45) is 16.7. The van der Waals surface area contributed by atoms with Gasteiger partial charge in [-0.05, 0) is 19.3 Å². The van der Waals surface area contributed by atoms with Gasteiger partial charge in [-0.25, -0.2) is 0 Å². The quantitative estimate of drug-likeness (QED) is 0.433. The van der Waals surface area contributed by atoms with E-state index in [0.717, 1.165) is 19.8 Å². The van der Waals surface area contributed by atoms with Crippen LogP contribution in [0.4, 0.5) is 0 Å². The summed E-state index contributed by atoms with van der Waals surface area (Å²) in [6.45, 7) is 4.96. The number of hydrogen-bond donors (Lipinski definition) is 0. The van der Waals surface area contributed by atoms with Crippen LogP contribution in [0, 0.1) is 0 Å². The first-order valence-electron chi connectivity index (χ1n) is 8.63. The lowest BCUT2D eigenvalue weighted by atomic mass is 10.1. The van der Waals surface area contributed by atoms with Gasteiger partial charge in [-0.3, -0.25) is 0 Å². The molecule has 1 heterocycles. The maximum atomic E-state index is 5.66. The van der Waals surface area contributed by atoms with Gasteiger partial charge >= 0.3 is 0 Å². The van der Waals surface area contributed by atoms with Gasteiger partial charge in [-0.1, -0.05) is 64.7 Å². The third-order valence-corrected chi connectivity index (χ3v) is 3.97. The molecule has 0 amide bonds. The van der Waals surface area contributed by atoms with Gasteiger partial charge < -0.3 is 9.47 Å². The topological polar surface area (TPSA) is 18.5 Å². The van der Waals surface area contributed by atoms with Crippen LogP contribution >= 0.6 is 0 Å². The Balaban J connectivity index is 1.67. The van der Waals surface area contributed by atoms with Gasteiger partial charge in [0.25, 0.3) is 0 Å². The van der Waals surface area contributed by atoms with Crippen molar-refractivity contribution in [2.75, 3.05) is 19.8 Å². The first-order valence-corrected chi connectivity index (χ1v) is 8.63. The Morgan fingerprint density at radius 2 is 1.53 bits per heavy atom. The van der Waals surface area contributed by atoms with Crippen LogP contribution < -0.4 is 0 Å². The van der Waals surface area contributed by atoms with Crippen molar-refractivity contribution in [2.24, 2.45) is 0 Å². The minimum Gasteiger partial charge on any atom is -0.379 e. The fraction of sp³-hybridized carbons (Fsp3) is 1.00. The summed E-state index contributed by atoms with van der Waals surface area (Å²) in [5, 5.41) is 0. The maximum Gasteiger partial charge on any atom is 0.0809 e. The molecule has 1 unspecified atom stereocenters. The Kier molecular flexibility index (Phi) is 11.5. The second-order valence-electron chi connectivity index (χ2n) is 5.89. The lowest BCUT2D eigenvalue weighted by Gasteiger charge is -2.09. The lowest BCUT2D eigenvalue weighted by Crippen LogP contribution is -2.14. The van der Waals surface area contributed by atoms with Crippen molar-refractivity contribution in [2.45, 2.75) is 90.1 Å². The second-order valence-corrected chi connectivity index (χ2v) is 5.89. The van der Waals surface area contributed by atoms with E-state index in [1.54, 1.807) is 0 Å². The third kappa shape index (κ3) is 10.4. The molecule has 0 aromatic carbocycles. The number of unbranched alkanes of at least 4 members (excludes halogenated alkanes) is 9. The molecular formula is C17H34O2. The predicted octanol–water partition coefficient (Wildman–Crippen LogP) is 5.10. The zero-order valence-electron chi connectivity index (χ0n) is 13.0. The van der Waals surface area contributed by atoms with Crippen LogP contribution in [0.15, 0.2) is 0 Å². The molecule has 1 fully saturated rings. The highest BCUT2D eigenvalue weighted by molar-refractivity contribution is 4.63. The summed E-state index contributed by atoms with van der Waals surface area (Å²) in [4.78, 5) is 0. The Hall–Kier alpha value is -0.0800. The highest BCUT2D eigenvalue weighted by Gasteiger charge is 2.14. The number of ether oxygens (including phenoxy) is 2. The smallest absolute Gasteiger partial charge is 0.0809 e. The lowest BCUT2D eigenvalue weighted by molar-refractivity contribution is 0.0161. The molecule has 0 saturated carbocycles. The molecule has 1 aliphatic rings. The second kappa shape index (κ2) is 12.9. The van der Waals surface area contributed by atoms with Crippen molar-refractivity contribution in [3.05, 3.63) is 0 Å². The Morgan fingerprint density at radius 3 is 2.11 bits per heavy atom. The van der Waals surface area contributed by atoms with Crippen LogP contribution in [0.3, 0.4) is 0 Å². The molecule has 0 aliphatic carbocycles. The normalized spacial score (nSPS) is 19.1. The van der Waals surface area contributed by atoms with Crippen molar-refractivity contribution in [1.82, 2.24) is 0 Å². The van der Waals surface area contributed by atoms with Gasteiger partial charge in [0.1, 0.15) is 0 Å². The van der Waals surface area contributed by atoms with Crippen molar-refractivity contribution < 1.29 is 9.47 Å². The largest absolute Gasteiger partial charge is 0.379 e. The van der Waals surface area contributed by atoms with Crippen molar-refractivity contribution in [3.8, 4) is 0 Å². The van der Waals surface area contributed by atoms with Gasteiger partial charge in [0.05, 0.1) is 12.7 Å². The molecule has 1 saturated heterocycles. The summed E-state index contributed by atoms with van der Waals surface area (Å²) < 4.78 is 11.2. The summed E-state index contributed by atoms with van der Waals surface area (Å²) in [5.74, 6) is 0. The summed E-state index contributed by atoms with van der Waals surface area (Å²) in [7, 11) is 0. The van der Waals surface area contributed by atoms with E-state index >= 15 is 0 Å². The average Bonchev–Trinajstić information content (AvgIpc) is 2.93. The predicted molar refractivity (Wildman–Crippen MR) is 81.6 cm³/mol. The van der Waals surface area contributed by atoms with Gasteiger partial charge in [-0.15, -0.1) is 0 Å². The fourth-order valence-corrected chi connectivity index (χ4v) is 2.68. The van der Waals surface area contributed by atoms with Gasteiger partial charge in [0.2, 0.25) is 0 Å². The molecular weight excluding hydrogens is 236 g/mol. The molecule has 2 nitrogen and oxygen atoms in total. The Labute approximate surface area is 120 Å². The van der Waals surface area contributed by atoms with Crippen LogP contribution in [-0.4, -0.2) is 25.9 Å². The third-order valence-electron chi connectivity index (χ3n) is 3.97. The zero-order chi connectivity index (χ0) is 13.6. The Morgan fingerprint density at radius 1 is 0.895 bits per heavy atom. The van der Waals surface area contributed by atoms with E-state index in [2.05, 4.69) is 6.92 Å². The van der Waals surface area contributed by atoms with E-state index in [-0.39, 0.29) is 0 Å². The number of hydrogen-bond acceptors (Lipinski definition) is 2. The van der Waals surface area contributed by atoms with Gasteiger partial charge in [-0.2, -0.15) is 0 Å². The highest BCUT2D eigenvalue weighted by atomic mass is 16.5. The first kappa shape index (κ1) is 17.0. The molecule has 2 heteroatoms. The molecule has 114 valence electrons. The molecule has 0 bridgehead atoms. The van der Waals surface area contributed by atoms with Crippen molar-refractivity contribution in [3.63, 3.8) is 0 Å². The molecule has 0 radical (unpaired) electrons. The van der Waals surface area contributed by atoms with Crippen LogP contribution in [0.5, 0.6) is 0 Å². The fourth-order valence-electron chi connectivity index (χ4n) is 2.68. The summed E-state index contributed by atoms with van der Waals surface area (Å²) >= 11 is 0. The molecule has 1 rings (SSSR count). The van der Waals surface area contributed by atoms with Crippen LogP contribution in [0.2, 0.25) is 0 Å². The van der Waals surface area contributed by atoms with Gasteiger partial charge in [0, 0.05) is 13.2 Å². The molecule has 0 aromatic rings. The highest BCUT2D eigenvalue weighted by Crippen LogP contribution is 2.13. The average molecular weight is 270 g/mol. The van der Waals surface area contributed by atoms with E-state index in [1.165, 1.54) is 77.0 Å². The summed E-state index contributed by atoms with van der Waals surface area (Å²) in [5.41, 5.74) is 0. The SMILES string of the molecule is CCCCCCCCCCCCOCC1CCCO1. The molecule has 0 N–H and O–H groups in total. The van der Waals surface area contributed by atoms with E-state index in [4.69, 9.17) is 9.47 Å². The van der Waals surface area contributed by atoms with Crippen LogP contribution in [0.1, 0.15) is 84.0 Å². The number of rotatable bonds is 13. The Bertz CT molecular complexity index is 176. The van der Waals surface area contributed by atoms with Gasteiger partial charge in [0.15, 0.2) is 0 Å². The molecule has 1 atom stereocenters. The molecule has 1 aliphatic heterocycles. The van der Waals surface area contributed by atoms with E-state index < -0.39 is 0 Å². The summed E-state index contributed by atoms with van der Waals surface area (Å²) in [6, 6.07) is 0. The minimum absolute atomic E-state index is 0.392. The minimum atomic E-state index is 0.392. The monoisotopic (exact) mass is 270 g/mol. The molecule has 19 heavy (non-hydrogen) atoms. The maximum absolute atomic E-state index is 5.66. The van der Waals surface area contributed by atoms with Crippen LogP contribution in [-0.2, 0) is 9.47 Å². The van der Waals surface area contributed by atoms with Crippen molar-refractivity contribution in [1.29, 1.82) is 0 Å². The van der Waals surface area contributed by atoms with Crippen LogP contribution in [0.25, 0.3) is 0 Å². The van der Waals surface area contributed by atoms with E-state index in [1.807, 2.05) is 0 Å². The first-order chi connectivity index (χ1) is 9.43. The molecule has 0 aromatic heterocycles. The van der Waals surface area contributed by atoms with E-state index in [0.29, 0.717) is 6.10 Å². The molecule has 0 spiro atoms.